The van der Waals surface area contributed by atoms with Gasteiger partial charge in [-0.05, 0) is 62.7 Å². The summed E-state index contributed by atoms with van der Waals surface area (Å²) in [5, 5.41) is 4.46. The highest BCUT2D eigenvalue weighted by atomic mass is 35.5. The second-order valence-corrected chi connectivity index (χ2v) is 9.50. The summed E-state index contributed by atoms with van der Waals surface area (Å²) in [6, 6.07) is 11.7. The third kappa shape index (κ3) is 6.69. The Bertz CT molecular complexity index is 948. The van der Waals surface area contributed by atoms with Crippen LogP contribution < -0.4 is 5.32 Å². The van der Waals surface area contributed by atoms with Crippen molar-refractivity contribution in [2.24, 2.45) is 0 Å². The monoisotopic (exact) mass is 502 g/mol. The summed E-state index contributed by atoms with van der Waals surface area (Å²) in [5.41, 5.74) is 0.765. The van der Waals surface area contributed by atoms with Crippen LogP contribution in [-0.2, 0) is 4.74 Å². The van der Waals surface area contributed by atoms with Crippen molar-refractivity contribution in [3.63, 3.8) is 0 Å². The van der Waals surface area contributed by atoms with Gasteiger partial charge in [-0.1, -0.05) is 40.9 Å². The van der Waals surface area contributed by atoms with E-state index in [0.717, 1.165) is 5.56 Å². The lowest BCUT2D eigenvalue weighted by Crippen LogP contribution is -2.41. The van der Waals surface area contributed by atoms with Gasteiger partial charge in [0, 0.05) is 29.6 Å². The summed E-state index contributed by atoms with van der Waals surface area (Å²) in [5.74, 6) is -0.406. The number of nitrogens with zero attached hydrogens (tertiary/aromatic N) is 1. The number of likely N-dealkylation sites (tertiary alicyclic amines) is 1. The fourth-order valence-corrected chi connectivity index (χ4v) is 3.79. The van der Waals surface area contributed by atoms with Crippen molar-refractivity contribution in [2.75, 3.05) is 13.1 Å². The number of carbonyl (C=O) groups excluding carboxylic acids is 2. The first-order chi connectivity index (χ1) is 14.0. The minimum atomic E-state index is -0.610. The number of rotatable bonds is 3. The molecule has 0 aliphatic carbocycles. The molecule has 0 radical (unpaired) electrons. The van der Waals surface area contributed by atoms with Crippen molar-refractivity contribution in [1.29, 1.82) is 0 Å². The second kappa shape index (κ2) is 10.3. The van der Waals surface area contributed by atoms with Gasteiger partial charge in [0.1, 0.15) is 5.60 Å². The lowest BCUT2D eigenvalue weighted by atomic mass is 9.94. The van der Waals surface area contributed by atoms with Gasteiger partial charge in [-0.3, -0.25) is 4.79 Å². The number of nitrogens with one attached hydrogen (secondary N) is 1. The average Bonchev–Trinajstić information content (AvgIpc) is 3.07. The van der Waals surface area contributed by atoms with E-state index in [1.54, 1.807) is 41.3 Å². The summed E-state index contributed by atoms with van der Waals surface area (Å²) in [7, 11) is 0. The van der Waals surface area contributed by atoms with E-state index in [9.17, 15) is 9.59 Å². The number of hydrogen-bond donors (Lipinski definition) is 1. The highest BCUT2D eigenvalue weighted by Gasteiger charge is 2.39. The molecule has 0 bridgehead atoms. The van der Waals surface area contributed by atoms with Crippen LogP contribution in [0.4, 0.5) is 4.79 Å². The number of benzene rings is 2. The summed E-state index contributed by atoms with van der Waals surface area (Å²) in [4.78, 5) is 27.0. The topological polar surface area (TPSA) is 58.6 Å². The van der Waals surface area contributed by atoms with Crippen LogP contribution in [0.5, 0.6) is 0 Å². The predicted molar refractivity (Wildman–Crippen MR) is 130 cm³/mol. The Morgan fingerprint density at radius 2 is 1.65 bits per heavy atom. The molecule has 0 spiro atoms. The molecule has 3 rings (SSSR count). The third-order valence-electron chi connectivity index (χ3n) is 4.77. The molecule has 2 amide bonds. The van der Waals surface area contributed by atoms with E-state index in [-0.39, 0.29) is 31.4 Å². The SMILES string of the molecule is CC(C)(C)OC(=O)N1C[C@@H](NC(=O)c2ccc(Cl)cc2)[C@H](c2ccc(Cl)c(Cl)c2)C1.S. The van der Waals surface area contributed by atoms with E-state index in [0.29, 0.717) is 33.7 Å². The molecule has 1 saturated heterocycles. The minimum Gasteiger partial charge on any atom is -0.444 e. The summed E-state index contributed by atoms with van der Waals surface area (Å²) in [6.07, 6.45) is -0.421. The van der Waals surface area contributed by atoms with Gasteiger partial charge in [-0.15, -0.1) is 0 Å². The molecule has 2 atom stereocenters. The van der Waals surface area contributed by atoms with Crippen LogP contribution in [0.25, 0.3) is 0 Å². The molecule has 0 saturated carbocycles. The van der Waals surface area contributed by atoms with Gasteiger partial charge >= 0.3 is 6.09 Å². The maximum absolute atomic E-state index is 12.8. The lowest BCUT2D eigenvalue weighted by Gasteiger charge is -2.24. The Balaban J connectivity index is 0.00000341. The van der Waals surface area contributed by atoms with Gasteiger partial charge in [0.2, 0.25) is 0 Å². The molecule has 0 unspecified atom stereocenters. The zero-order valence-corrected chi connectivity index (χ0v) is 20.7. The van der Waals surface area contributed by atoms with E-state index in [4.69, 9.17) is 39.5 Å². The van der Waals surface area contributed by atoms with E-state index in [2.05, 4.69) is 5.32 Å². The first-order valence-electron chi connectivity index (χ1n) is 9.53. The van der Waals surface area contributed by atoms with Crippen LogP contribution >= 0.6 is 48.3 Å². The average molecular weight is 504 g/mol. The Morgan fingerprint density at radius 1 is 1.00 bits per heavy atom. The minimum absolute atomic E-state index is 0. The third-order valence-corrected chi connectivity index (χ3v) is 5.76. The zero-order chi connectivity index (χ0) is 22.1. The molecule has 9 heteroatoms. The Morgan fingerprint density at radius 3 is 2.23 bits per heavy atom. The molecule has 168 valence electrons. The smallest absolute Gasteiger partial charge is 0.410 e. The van der Waals surface area contributed by atoms with Crippen molar-refractivity contribution in [2.45, 2.75) is 38.3 Å². The Kier molecular flexibility index (Phi) is 8.56. The van der Waals surface area contributed by atoms with Crippen LogP contribution in [0, 0.1) is 0 Å². The highest BCUT2D eigenvalue weighted by Crippen LogP contribution is 2.33. The van der Waals surface area contributed by atoms with E-state index < -0.39 is 11.7 Å². The normalized spacial score (nSPS) is 18.3. The van der Waals surface area contributed by atoms with Crippen LogP contribution in [0.3, 0.4) is 0 Å². The van der Waals surface area contributed by atoms with Crippen molar-refractivity contribution < 1.29 is 14.3 Å². The fourth-order valence-electron chi connectivity index (χ4n) is 3.36. The van der Waals surface area contributed by atoms with Gasteiger partial charge in [0.05, 0.1) is 16.1 Å². The van der Waals surface area contributed by atoms with Crippen molar-refractivity contribution in [3.8, 4) is 0 Å². The summed E-state index contributed by atoms with van der Waals surface area (Å²) < 4.78 is 5.51. The van der Waals surface area contributed by atoms with E-state index in [1.807, 2.05) is 26.8 Å². The molecule has 2 aromatic carbocycles. The number of ether oxygens (including phenoxy) is 1. The molecular weight excluding hydrogens is 479 g/mol. The quantitative estimate of drug-likeness (QED) is 0.568. The maximum atomic E-state index is 12.8. The standard InChI is InChI=1S/C22H23Cl3N2O3.H2S/c1-22(2,3)30-21(29)27-11-16(14-6-9-17(24)18(25)10-14)19(12-27)26-20(28)13-4-7-15(23)8-5-13;/h4-10,16,19H,11-12H2,1-3H3,(H,26,28);1H2/t16-,19+;/m0./s1. The van der Waals surface area contributed by atoms with E-state index in [1.165, 1.54) is 0 Å². The van der Waals surface area contributed by atoms with Crippen LogP contribution in [-0.4, -0.2) is 41.6 Å². The Hall–Kier alpha value is -1.60. The van der Waals surface area contributed by atoms with Gasteiger partial charge in [-0.2, -0.15) is 13.5 Å². The van der Waals surface area contributed by atoms with Crippen molar-refractivity contribution >= 4 is 60.3 Å². The molecule has 1 aliphatic heterocycles. The first-order valence-corrected chi connectivity index (χ1v) is 10.7. The van der Waals surface area contributed by atoms with Crippen molar-refractivity contribution in [3.05, 3.63) is 68.7 Å². The van der Waals surface area contributed by atoms with E-state index >= 15 is 0 Å². The van der Waals surface area contributed by atoms with Crippen LogP contribution in [0.15, 0.2) is 42.5 Å². The molecule has 1 heterocycles. The summed E-state index contributed by atoms with van der Waals surface area (Å²) in [6.45, 7) is 6.16. The molecule has 1 fully saturated rings. The highest BCUT2D eigenvalue weighted by molar-refractivity contribution is 7.59. The largest absolute Gasteiger partial charge is 0.444 e. The molecule has 1 aliphatic rings. The number of halogens is 3. The number of hydrogen-bond acceptors (Lipinski definition) is 3. The molecule has 2 aromatic rings. The molecule has 5 nitrogen and oxygen atoms in total. The van der Waals surface area contributed by atoms with Gasteiger partial charge in [-0.25, -0.2) is 4.79 Å². The zero-order valence-electron chi connectivity index (χ0n) is 17.4. The molecule has 0 aromatic heterocycles. The van der Waals surface area contributed by atoms with Gasteiger partial charge < -0.3 is 15.0 Å². The van der Waals surface area contributed by atoms with Gasteiger partial charge in [0.25, 0.3) is 5.91 Å². The second-order valence-electron chi connectivity index (χ2n) is 8.25. The maximum Gasteiger partial charge on any atom is 0.410 e. The fraction of sp³-hybridized carbons (Fsp3) is 0.364. The number of amides is 2. The van der Waals surface area contributed by atoms with Crippen LogP contribution in [0.1, 0.15) is 42.6 Å². The molecule has 31 heavy (non-hydrogen) atoms. The van der Waals surface area contributed by atoms with Crippen LogP contribution in [0.2, 0.25) is 15.1 Å². The predicted octanol–water partition coefficient (Wildman–Crippen LogP) is 5.89. The van der Waals surface area contributed by atoms with Crippen molar-refractivity contribution in [1.82, 2.24) is 10.2 Å². The summed E-state index contributed by atoms with van der Waals surface area (Å²) >= 11 is 18.2. The lowest BCUT2D eigenvalue weighted by molar-refractivity contribution is 0.0288. The first kappa shape index (κ1) is 25.7. The van der Waals surface area contributed by atoms with Gasteiger partial charge in [0.15, 0.2) is 0 Å². The number of carbonyl (C=O) groups is 2. The Labute approximate surface area is 204 Å². The molecular formula is C22H25Cl3N2O3S. The molecule has 1 N–H and O–H groups in total.